The highest BCUT2D eigenvalue weighted by molar-refractivity contribution is 5.96. The summed E-state index contributed by atoms with van der Waals surface area (Å²) < 4.78 is 54.5. The number of rotatable bonds is 6. The molecule has 1 rings (SSSR count). The molecule has 0 bridgehead atoms. The molecule has 1 aromatic rings. The van der Waals surface area contributed by atoms with E-state index in [1.165, 1.54) is 18.2 Å². The van der Waals surface area contributed by atoms with Gasteiger partial charge in [-0.25, -0.2) is 13.6 Å². The third kappa shape index (κ3) is 4.01. The third-order valence-corrected chi connectivity index (χ3v) is 2.37. The summed E-state index contributed by atoms with van der Waals surface area (Å²) in [4.78, 5) is 11.6. The zero-order chi connectivity index (χ0) is 15.3. The molecule has 8 heteroatoms. The molecule has 0 spiro atoms. The van der Waals surface area contributed by atoms with E-state index in [0.717, 1.165) is 0 Å². The van der Waals surface area contributed by atoms with Gasteiger partial charge in [-0.2, -0.15) is 8.78 Å². The Kier molecular flexibility index (Phi) is 5.18. The first-order valence-electron chi connectivity index (χ1n) is 5.74. The average molecular weight is 294 g/mol. The van der Waals surface area contributed by atoms with Gasteiger partial charge in [0.25, 0.3) is 0 Å². The highest BCUT2D eigenvalue weighted by atomic mass is 19.3. The minimum Gasteiger partial charge on any atom is -0.462 e. The van der Waals surface area contributed by atoms with Crippen molar-refractivity contribution in [2.24, 2.45) is 0 Å². The summed E-state index contributed by atoms with van der Waals surface area (Å²) in [6.45, 7) is 0.351. The van der Waals surface area contributed by atoms with Gasteiger partial charge < -0.3 is 15.8 Å². The maximum Gasteiger partial charge on any atom is 0.340 e. The number of halogens is 4. The first-order valence-corrected chi connectivity index (χ1v) is 5.74. The fraction of sp³-hybridized carbons (Fsp3) is 0.417. The van der Waals surface area contributed by atoms with Gasteiger partial charge in [0, 0.05) is 11.4 Å². The summed E-state index contributed by atoms with van der Waals surface area (Å²) >= 11 is 0. The molecule has 0 saturated carbocycles. The Labute approximate surface area is 112 Å². The second-order valence-corrected chi connectivity index (χ2v) is 3.94. The van der Waals surface area contributed by atoms with Gasteiger partial charge in [-0.3, -0.25) is 0 Å². The van der Waals surface area contributed by atoms with E-state index in [2.05, 4.69) is 5.32 Å². The molecular formula is C12H14F4N2O2. The van der Waals surface area contributed by atoms with Crippen molar-refractivity contribution in [3.63, 3.8) is 0 Å². The Morgan fingerprint density at radius 1 is 1.45 bits per heavy atom. The van der Waals surface area contributed by atoms with Crippen LogP contribution in [0, 0.1) is 0 Å². The predicted molar refractivity (Wildman–Crippen MR) is 66.3 cm³/mol. The number of benzene rings is 1. The van der Waals surface area contributed by atoms with Crippen molar-refractivity contribution in [3.05, 3.63) is 23.8 Å². The normalized spacial score (nSPS) is 11.5. The lowest BCUT2D eigenvalue weighted by Crippen LogP contribution is -2.35. The Balaban J connectivity index is 2.92. The maximum atomic E-state index is 12.8. The molecule has 0 fully saturated rings. The smallest absolute Gasteiger partial charge is 0.340 e. The van der Waals surface area contributed by atoms with Crippen molar-refractivity contribution in [1.29, 1.82) is 0 Å². The second kappa shape index (κ2) is 6.44. The number of nitrogens with two attached hydrogens (primary N) is 1. The molecule has 20 heavy (non-hydrogen) atoms. The lowest BCUT2D eigenvalue weighted by Gasteiger charge is -2.18. The molecule has 0 amide bonds. The first-order chi connectivity index (χ1) is 9.27. The fourth-order valence-corrected chi connectivity index (χ4v) is 1.38. The Bertz CT molecular complexity index is 481. The van der Waals surface area contributed by atoms with Crippen molar-refractivity contribution in [3.8, 4) is 0 Å². The number of hydrogen-bond donors (Lipinski definition) is 2. The largest absolute Gasteiger partial charge is 0.462 e. The highest BCUT2D eigenvalue weighted by Crippen LogP contribution is 2.25. The van der Waals surface area contributed by atoms with Crippen LogP contribution >= 0.6 is 0 Å². The molecule has 0 heterocycles. The summed E-state index contributed by atoms with van der Waals surface area (Å²) in [5.74, 6) is -4.98. The van der Waals surface area contributed by atoms with Crippen LogP contribution in [0.15, 0.2) is 18.2 Å². The summed E-state index contributed by atoms with van der Waals surface area (Å²) in [6, 6.07) is 3.83. The van der Waals surface area contributed by atoms with Crippen molar-refractivity contribution in [1.82, 2.24) is 0 Å². The van der Waals surface area contributed by atoms with E-state index in [1.807, 2.05) is 0 Å². The number of nitrogens with one attached hydrogen (secondary N) is 1. The van der Waals surface area contributed by atoms with Crippen molar-refractivity contribution in [2.45, 2.75) is 19.3 Å². The molecular weight excluding hydrogens is 280 g/mol. The van der Waals surface area contributed by atoms with Crippen LogP contribution in [0.3, 0.4) is 0 Å². The van der Waals surface area contributed by atoms with E-state index in [0.29, 0.717) is 0 Å². The van der Waals surface area contributed by atoms with Gasteiger partial charge in [-0.1, -0.05) is 0 Å². The SMILES string of the molecule is CCOC(=O)c1cc(N)ccc1NCC(F)(F)C(F)F. The van der Waals surface area contributed by atoms with Gasteiger partial charge in [0.1, 0.15) is 0 Å². The minimum atomic E-state index is -4.20. The second-order valence-electron chi connectivity index (χ2n) is 3.94. The molecule has 4 nitrogen and oxygen atoms in total. The summed E-state index contributed by atoms with van der Waals surface area (Å²) in [6.07, 6.45) is -3.80. The minimum absolute atomic E-state index is 0.0435. The molecule has 1 aromatic carbocycles. The molecule has 112 valence electrons. The molecule has 0 aromatic heterocycles. The van der Waals surface area contributed by atoms with Gasteiger partial charge in [-0.05, 0) is 25.1 Å². The number of alkyl halides is 4. The van der Waals surface area contributed by atoms with E-state index in [4.69, 9.17) is 10.5 Å². The Morgan fingerprint density at radius 2 is 2.10 bits per heavy atom. The van der Waals surface area contributed by atoms with Gasteiger partial charge in [0.05, 0.1) is 18.7 Å². The van der Waals surface area contributed by atoms with Gasteiger partial charge in [0.2, 0.25) is 0 Å². The highest BCUT2D eigenvalue weighted by Gasteiger charge is 2.40. The zero-order valence-corrected chi connectivity index (χ0v) is 10.6. The number of carbonyl (C=O) groups excluding carboxylic acids is 1. The summed E-state index contributed by atoms with van der Waals surface area (Å²) in [7, 11) is 0. The molecule has 0 aliphatic carbocycles. The topological polar surface area (TPSA) is 64.3 Å². The fourth-order valence-electron chi connectivity index (χ4n) is 1.38. The quantitative estimate of drug-likeness (QED) is 0.481. The van der Waals surface area contributed by atoms with Crippen LogP contribution in [-0.2, 0) is 4.74 Å². The van der Waals surface area contributed by atoms with E-state index in [1.54, 1.807) is 6.92 Å². The summed E-state index contributed by atoms with van der Waals surface area (Å²) in [5.41, 5.74) is 5.58. The van der Waals surface area contributed by atoms with E-state index in [-0.39, 0.29) is 23.5 Å². The molecule has 3 N–H and O–H groups in total. The number of hydrogen-bond acceptors (Lipinski definition) is 4. The number of esters is 1. The predicted octanol–water partition coefficient (Wildman–Crippen LogP) is 2.76. The number of anilines is 2. The molecule has 0 saturated heterocycles. The Hall–Kier alpha value is -1.99. The molecule has 0 unspecified atom stereocenters. The number of ether oxygens (including phenoxy) is 1. The van der Waals surface area contributed by atoms with Crippen LogP contribution in [-0.4, -0.2) is 31.5 Å². The van der Waals surface area contributed by atoms with Crippen LogP contribution in [0.1, 0.15) is 17.3 Å². The lowest BCUT2D eigenvalue weighted by atomic mass is 10.1. The third-order valence-electron chi connectivity index (χ3n) is 2.37. The van der Waals surface area contributed by atoms with Crippen LogP contribution in [0.25, 0.3) is 0 Å². The van der Waals surface area contributed by atoms with Crippen LogP contribution < -0.4 is 11.1 Å². The van der Waals surface area contributed by atoms with Gasteiger partial charge in [-0.15, -0.1) is 0 Å². The molecule has 0 radical (unpaired) electrons. The van der Waals surface area contributed by atoms with E-state index >= 15 is 0 Å². The van der Waals surface area contributed by atoms with Crippen LogP contribution in [0.4, 0.5) is 28.9 Å². The van der Waals surface area contributed by atoms with Crippen LogP contribution in [0.2, 0.25) is 0 Å². The lowest BCUT2D eigenvalue weighted by molar-refractivity contribution is -0.117. The van der Waals surface area contributed by atoms with E-state index in [9.17, 15) is 22.4 Å². The molecule has 0 aliphatic rings. The average Bonchev–Trinajstić information content (AvgIpc) is 2.37. The maximum absolute atomic E-state index is 12.8. The Morgan fingerprint density at radius 3 is 2.65 bits per heavy atom. The van der Waals surface area contributed by atoms with Gasteiger partial charge in [0.15, 0.2) is 0 Å². The molecule has 0 aliphatic heterocycles. The zero-order valence-electron chi connectivity index (χ0n) is 10.6. The first kappa shape index (κ1) is 16.1. The van der Waals surface area contributed by atoms with Crippen molar-refractivity contribution >= 4 is 17.3 Å². The standard InChI is InChI=1S/C12H14F4N2O2/c1-2-20-10(19)8-5-7(17)3-4-9(8)18-6-12(15,16)11(13)14/h3-5,11,18H,2,6,17H2,1H3. The molecule has 0 atom stereocenters. The summed E-state index contributed by atoms with van der Waals surface area (Å²) in [5, 5.41) is 2.12. The monoisotopic (exact) mass is 294 g/mol. The van der Waals surface area contributed by atoms with Gasteiger partial charge >= 0.3 is 18.3 Å². The van der Waals surface area contributed by atoms with Crippen LogP contribution in [0.5, 0.6) is 0 Å². The van der Waals surface area contributed by atoms with E-state index < -0.39 is 24.9 Å². The van der Waals surface area contributed by atoms with Crippen molar-refractivity contribution in [2.75, 3.05) is 24.2 Å². The number of nitrogen functional groups attached to an aromatic ring is 1. The van der Waals surface area contributed by atoms with Crippen molar-refractivity contribution < 1.29 is 27.1 Å². The number of carbonyl (C=O) groups is 1.